The number of nitrogens with one attached hydrogen (secondary N) is 1. The van der Waals surface area contributed by atoms with Gasteiger partial charge in [0.15, 0.2) is 0 Å². The standard InChI is InChI=1S/C10H15NO4/c1-10(13,8-4-3-5-15-8)7-11-9(12)6-14-2/h3-5,13H,6-7H2,1-2H3,(H,11,12). The van der Waals surface area contributed by atoms with Crippen molar-refractivity contribution in [2.45, 2.75) is 12.5 Å². The molecule has 1 aromatic heterocycles. The van der Waals surface area contributed by atoms with Crippen LogP contribution in [0.25, 0.3) is 0 Å². The van der Waals surface area contributed by atoms with Crippen LogP contribution in [0.5, 0.6) is 0 Å². The normalized spacial score (nSPS) is 14.6. The second kappa shape index (κ2) is 4.95. The third-order valence-corrected chi connectivity index (χ3v) is 1.96. The summed E-state index contributed by atoms with van der Waals surface area (Å²) in [5.41, 5.74) is -1.20. The molecule has 0 spiro atoms. The SMILES string of the molecule is COCC(=O)NCC(C)(O)c1ccco1. The summed E-state index contributed by atoms with van der Waals surface area (Å²) in [6.45, 7) is 1.63. The van der Waals surface area contributed by atoms with E-state index in [-0.39, 0.29) is 19.1 Å². The van der Waals surface area contributed by atoms with Gasteiger partial charge in [-0.05, 0) is 19.1 Å². The van der Waals surface area contributed by atoms with Crippen LogP contribution in [0.15, 0.2) is 22.8 Å². The Morgan fingerprint density at radius 3 is 3.00 bits per heavy atom. The van der Waals surface area contributed by atoms with Gasteiger partial charge in [-0.15, -0.1) is 0 Å². The second-order valence-electron chi connectivity index (χ2n) is 3.46. The van der Waals surface area contributed by atoms with E-state index in [1.165, 1.54) is 13.4 Å². The van der Waals surface area contributed by atoms with E-state index in [1.807, 2.05) is 0 Å². The Bertz CT molecular complexity index is 305. The highest BCUT2D eigenvalue weighted by molar-refractivity contribution is 5.77. The van der Waals surface area contributed by atoms with Gasteiger partial charge >= 0.3 is 0 Å². The summed E-state index contributed by atoms with van der Waals surface area (Å²) in [6.07, 6.45) is 1.47. The van der Waals surface area contributed by atoms with Crippen LogP contribution >= 0.6 is 0 Å². The average molecular weight is 213 g/mol. The Labute approximate surface area is 88.0 Å². The number of ether oxygens (including phenoxy) is 1. The van der Waals surface area contributed by atoms with Gasteiger partial charge in [0, 0.05) is 7.11 Å². The second-order valence-corrected chi connectivity index (χ2v) is 3.46. The fraction of sp³-hybridized carbons (Fsp3) is 0.500. The lowest BCUT2D eigenvalue weighted by molar-refractivity contribution is -0.126. The third-order valence-electron chi connectivity index (χ3n) is 1.96. The molecule has 0 saturated heterocycles. The lowest BCUT2D eigenvalue weighted by Crippen LogP contribution is -2.39. The van der Waals surface area contributed by atoms with Gasteiger partial charge in [-0.1, -0.05) is 0 Å². The molecule has 0 aliphatic heterocycles. The summed E-state index contributed by atoms with van der Waals surface area (Å²) < 4.78 is 9.70. The Morgan fingerprint density at radius 2 is 2.47 bits per heavy atom. The highest BCUT2D eigenvalue weighted by atomic mass is 16.5. The van der Waals surface area contributed by atoms with E-state index in [0.717, 1.165) is 0 Å². The molecule has 5 nitrogen and oxygen atoms in total. The predicted molar refractivity (Wildman–Crippen MR) is 53.2 cm³/mol. The van der Waals surface area contributed by atoms with Crippen LogP contribution in [-0.4, -0.2) is 31.3 Å². The minimum Gasteiger partial charge on any atom is -0.466 e. The zero-order valence-electron chi connectivity index (χ0n) is 8.82. The predicted octanol–water partition coefficient (Wildman–Crippen LogP) is 0.250. The number of hydrogen-bond acceptors (Lipinski definition) is 4. The summed E-state index contributed by atoms with van der Waals surface area (Å²) in [6, 6.07) is 3.34. The van der Waals surface area contributed by atoms with Crippen LogP contribution in [0.4, 0.5) is 0 Å². The van der Waals surface area contributed by atoms with Crippen molar-refractivity contribution in [3.8, 4) is 0 Å². The van der Waals surface area contributed by atoms with Crippen LogP contribution in [-0.2, 0) is 15.1 Å². The minimum atomic E-state index is -1.20. The van der Waals surface area contributed by atoms with E-state index >= 15 is 0 Å². The Hall–Kier alpha value is -1.33. The number of hydrogen-bond donors (Lipinski definition) is 2. The van der Waals surface area contributed by atoms with Crippen LogP contribution < -0.4 is 5.32 Å². The summed E-state index contributed by atoms with van der Waals surface area (Å²) >= 11 is 0. The maximum Gasteiger partial charge on any atom is 0.246 e. The van der Waals surface area contributed by atoms with E-state index in [4.69, 9.17) is 4.42 Å². The largest absolute Gasteiger partial charge is 0.466 e. The van der Waals surface area contributed by atoms with Gasteiger partial charge in [0.2, 0.25) is 5.91 Å². The number of amides is 1. The van der Waals surface area contributed by atoms with E-state index in [0.29, 0.717) is 5.76 Å². The molecule has 84 valence electrons. The smallest absolute Gasteiger partial charge is 0.246 e. The minimum absolute atomic E-state index is 0.0196. The number of aliphatic hydroxyl groups is 1. The van der Waals surface area contributed by atoms with Crippen LogP contribution in [0, 0.1) is 0 Å². The number of furan rings is 1. The molecule has 0 aliphatic rings. The Kier molecular flexibility index (Phi) is 3.88. The first-order valence-electron chi connectivity index (χ1n) is 4.58. The molecule has 0 radical (unpaired) electrons. The van der Waals surface area contributed by atoms with Crippen molar-refractivity contribution in [1.29, 1.82) is 0 Å². The molecule has 15 heavy (non-hydrogen) atoms. The van der Waals surface area contributed by atoms with Crippen molar-refractivity contribution < 1.29 is 19.1 Å². The molecule has 1 atom stereocenters. The van der Waals surface area contributed by atoms with Gasteiger partial charge in [0.1, 0.15) is 18.0 Å². The number of methoxy groups -OCH3 is 1. The molecule has 0 aliphatic carbocycles. The fourth-order valence-electron chi connectivity index (χ4n) is 1.12. The van der Waals surface area contributed by atoms with Gasteiger partial charge in [-0.25, -0.2) is 0 Å². The molecule has 1 aromatic rings. The van der Waals surface area contributed by atoms with Crippen molar-refractivity contribution in [3.05, 3.63) is 24.2 Å². The van der Waals surface area contributed by atoms with E-state index in [1.54, 1.807) is 19.1 Å². The molecular weight excluding hydrogens is 198 g/mol. The maximum atomic E-state index is 11.1. The topological polar surface area (TPSA) is 71.7 Å². The molecule has 1 unspecified atom stereocenters. The zero-order valence-corrected chi connectivity index (χ0v) is 8.82. The van der Waals surface area contributed by atoms with Gasteiger partial charge in [-0.2, -0.15) is 0 Å². The molecule has 5 heteroatoms. The first-order valence-corrected chi connectivity index (χ1v) is 4.58. The third kappa shape index (κ3) is 3.38. The van der Waals surface area contributed by atoms with E-state index < -0.39 is 5.60 Å². The van der Waals surface area contributed by atoms with Gasteiger partial charge in [0.25, 0.3) is 0 Å². The van der Waals surface area contributed by atoms with Crippen LogP contribution in [0.1, 0.15) is 12.7 Å². The summed E-state index contributed by atoms with van der Waals surface area (Å²) in [4.78, 5) is 11.1. The summed E-state index contributed by atoms with van der Waals surface area (Å²) in [5.74, 6) is 0.143. The molecule has 0 aromatic carbocycles. The average Bonchev–Trinajstić information content (AvgIpc) is 2.69. The lowest BCUT2D eigenvalue weighted by atomic mass is 10.0. The van der Waals surface area contributed by atoms with E-state index in [2.05, 4.69) is 10.1 Å². The monoisotopic (exact) mass is 213 g/mol. The quantitative estimate of drug-likeness (QED) is 0.735. The Balaban J connectivity index is 2.47. The number of carbonyl (C=O) groups is 1. The molecule has 0 saturated carbocycles. The zero-order chi connectivity index (χ0) is 11.3. The van der Waals surface area contributed by atoms with Crippen molar-refractivity contribution in [1.82, 2.24) is 5.32 Å². The molecule has 2 N–H and O–H groups in total. The van der Waals surface area contributed by atoms with Crippen molar-refractivity contribution >= 4 is 5.91 Å². The molecular formula is C10H15NO4. The highest BCUT2D eigenvalue weighted by Crippen LogP contribution is 2.19. The van der Waals surface area contributed by atoms with Crippen molar-refractivity contribution in [3.63, 3.8) is 0 Å². The first kappa shape index (κ1) is 11.7. The van der Waals surface area contributed by atoms with Crippen LogP contribution in [0.2, 0.25) is 0 Å². The Morgan fingerprint density at radius 1 is 1.73 bits per heavy atom. The maximum absolute atomic E-state index is 11.1. The van der Waals surface area contributed by atoms with Crippen LogP contribution in [0.3, 0.4) is 0 Å². The fourth-order valence-corrected chi connectivity index (χ4v) is 1.12. The molecule has 1 rings (SSSR count). The molecule has 0 bridgehead atoms. The van der Waals surface area contributed by atoms with E-state index in [9.17, 15) is 9.90 Å². The van der Waals surface area contributed by atoms with Gasteiger partial charge in [-0.3, -0.25) is 4.79 Å². The lowest BCUT2D eigenvalue weighted by Gasteiger charge is -2.20. The van der Waals surface area contributed by atoms with Gasteiger partial charge in [0.05, 0.1) is 12.8 Å². The van der Waals surface area contributed by atoms with Crippen molar-refractivity contribution in [2.75, 3.05) is 20.3 Å². The van der Waals surface area contributed by atoms with Gasteiger partial charge < -0.3 is 19.6 Å². The summed E-state index contributed by atoms with van der Waals surface area (Å²) in [5, 5.41) is 12.5. The first-order chi connectivity index (χ1) is 7.06. The molecule has 0 fully saturated rings. The molecule has 1 amide bonds. The van der Waals surface area contributed by atoms with Crippen molar-refractivity contribution in [2.24, 2.45) is 0 Å². The number of carbonyl (C=O) groups excluding carboxylic acids is 1. The highest BCUT2D eigenvalue weighted by Gasteiger charge is 2.26. The summed E-state index contributed by atoms with van der Waals surface area (Å²) in [7, 11) is 1.43. The molecule has 1 heterocycles. The number of rotatable bonds is 5.